The second kappa shape index (κ2) is 3.14. The molecular formula is C10H11NO3. The predicted octanol–water partition coefficient (Wildman–Crippen LogP) is 2.03. The number of rotatable bonds is 2. The van der Waals surface area contributed by atoms with Crippen LogP contribution in [-0.2, 0) is 0 Å². The van der Waals surface area contributed by atoms with Crippen LogP contribution >= 0.6 is 0 Å². The topological polar surface area (TPSA) is 57.6 Å². The summed E-state index contributed by atoms with van der Waals surface area (Å²) in [6.07, 6.45) is 1.59. The highest BCUT2D eigenvalue weighted by Gasteiger charge is 2.15. The molecular weight excluding hydrogens is 182 g/mol. The van der Waals surface area contributed by atoms with Gasteiger partial charge in [-0.05, 0) is 12.1 Å². The van der Waals surface area contributed by atoms with Crippen molar-refractivity contribution in [1.29, 1.82) is 0 Å². The predicted molar refractivity (Wildman–Crippen MR) is 53.7 cm³/mol. The van der Waals surface area contributed by atoms with Crippen LogP contribution in [0.4, 0.5) is 5.69 Å². The minimum atomic E-state index is 0.509. The highest BCUT2D eigenvalue weighted by atomic mass is 16.5. The lowest BCUT2D eigenvalue weighted by atomic mass is 10.2. The molecule has 4 heteroatoms. The molecule has 2 N–H and O–H groups in total. The van der Waals surface area contributed by atoms with E-state index < -0.39 is 0 Å². The largest absolute Gasteiger partial charge is 0.491 e. The number of furan rings is 1. The van der Waals surface area contributed by atoms with Crippen LogP contribution in [0.25, 0.3) is 11.0 Å². The van der Waals surface area contributed by atoms with E-state index in [-0.39, 0.29) is 0 Å². The number of benzene rings is 1. The van der Waals surface area contributed by atoms with Crippen LogP contribution in [-0.4, -0.2) is 14.2 Å². The maximum Gasteiger partial charge on any atom is 0.206 e. The molecule has 2 aromatic rings. The number of hydrogen-bond acceptors (Lipinski definition) is 4. The van der Waals surface area contributed by atoms with Gasteiger partial charge in [0.15, 0.2) is 11.3 Å². The van der Waals surface area contributed by atoms with E-state index in [0.29, 0.717) is 22.8 Å². The van der Waals surface area contributed by atoms with E-state index in [1.54, 1.807) is 26.5 Å². The van der Waals surface area contributed by atoms with Gasteiger partial charge in [-0.15, -0.1) is 0 Å². The molecule has 14 heavy (non-hydrogen) atoms. The second-order valence-corrected chi connectivity index (χ2v) is 2.87. The summed E-state index contributed by atoms with van der Waals surface area (Å²) in [6, 6.07) is 3.62. The number of ether oxygens (including phenoxy) is 2. The molecule has 1 heterocycles. The van der Waals surface area contributed by atoms with E-state index in [1.807, 2.05) is 6.07 Å². The fraction of sp³-hybridized carbons (Fsp3) is 0.200. The van der Waals surface area contributed by atoms with Crippen molar-refractivity contribution in [2.75, 3.05) is 20.0 Å². The molecule has 0 saturated carbocycles. The molecule has 74 valence electrons. The van der Waals surface area contributed by atoms with Crippen LogP contribution in [0.15, 0.2) is 22.8 Å². The zero-order valence-electron chi connectivity index (χ0n) is 8.03. The van der Waals surface area contributed by atoms with Crippen molar-refractivity contribution in [3.05, 3.63) is 18.4 Å². The molecule has 0 aliphatic rings. The maximum atomic E-state index is 5.79. The first-order chi connectivity index (χ1) is 6.77. The lowest BCUT2D eigenvalue weighted by molar-refractivity contribution is 0.355. The summed E-state index contributed by atoms with van der Waals surface area (Å²) in [5.74, 6) is 1.04. The van der Waals surface area contributed by atoms with Gasteiger partial charge in [-0.25, -0.2) is 0 Å². The minimum Gasteiger partial charge on any atom is -0.491 e. The van der Waals surface area contributed by atoms with Gasteiger partial charge < -0.3 is 19.6 Å². The fourth-order valence-corrected chi connectivity index (χ4v) is 1.48. The van der Waals surface area contributed by atoms with Crippen molar-refractivity contribution in [2.24, 2.45) is 0 Å². The van der Waals surface area contributed by atoms with E-state index in [0.717, 1.165) is 5.39 Å². The number of methoxy groups -OCH3 is 2. The van der Waals surface area contributed by atoms with E-state index in [4.69, 9.17) is 19.6 Å². The van der Waals surface area contributed by atoms with Crippen molar-refractivity contribution in [2.45, 2.75) is 0 Å². The smallest absolute Gasteiger partial charge is 0.206 e. The van der Waals surface area contributed by atoms with Gasteiger partial charge in [0.05, 0.1) is 26.2 Å². The van der Waals surface area contributed by atoms with Gasteiger partial charge in [-0.3, -0.25) is 0 Å². The summed E-state index contributed by atoms with van der Waals surface area (Å²) in [6.45, 7) is 0. The summed E-state index contributed by atoms with van der Waals surface area (Å²) in [5, 5.41) is 0.903. The zero-order valence-corrected chi connectivity index (χ0v) is 8.03. The molecule has 0 amide bonds. The van der Waals surface area contributed by atoms with Gasteiger partial charge in [0.2, 0.25) is 5.75 Å². The Labute approximate surface area is 81.2 Å². The maximum absolute atomic E-state index is 5.79. The van der Waals surface area contributed by atoms with E-state index in [1.165, 1.54) is 0 Å². The Kier molecular flexibility index (Phi) is 1.96. The molecule has 0 radical (unpaired) electrons. The number of nitrogen functional groups attached to an aromatic ring is 1. The van der Waals surface area contributed by atoms with Crippen molar-refractivity contribution in [3.63, 3.8) is 0 Å². The first-order valence-corrected chi connectivity index (χ1v) is 4.15. The quantitative estimate of drug-likeness (QED) is 0.741. The third-order valence-corrected chi connectivity index (χ3v) is 2.09. The van der Waals surface area contributed by atoms with Gasteiger partial charge in [0.25, 0.3) is 0 Å². The first-order valence-electron chi connectivity index (χ1n) is 4.15. The van der Waals surface area contributed by atoms with Crippen LogP contribution in [0.2, 0.25) is 0 Å². The highest BCUT2D eigenvalue weighted by molar-refractivity contribution is 5.90. The van der Waals surface area contributed by atoms with Gasteiger partial charge >= 0.3 is 0 Å². The number of fused-ring (bicyclic) bond motifs is 1. The first kappa shape index (κ1) is 8.74. The molecule has 0 fully saturated rings. The SMILES string of the molecule is COc1c(N)cc2ccoc2c1OC. The van der Waals surface area contributed by atoms with Gasteiger partial charge in [0.1, 0.15) is 0 Å². The summed E-state index contributed by atoms with van der Waals surface area (Å²) in [5.41, 5.74) is 6.98. The Hall–Kier alpha value is -1.84. The second-order valence-electron chi connectivity index (χ2n) is 2.87. The number of hydrogen-bond donors (Lipinski definition) is 1. The lowest BCUT2D eigenvalue weighted by Crippen LogP contribution is -1.96. The van der Waals surface area contributed by atoms with E-state index >= 15 is 0 Å². The molecule has 0 bridgehead atoms. The van der Waals surface area contributed by atoms with Crippen LogP contribution in [0, 0.1) is 0 Å². The average Bonchev–Trinajstić information content (AvgIpc) is 2.62. The normalized spacial score (nSPS) is 10.4. The van der Waals surface area contributed by atoms with Crippen LogP contribution in [0.1, 0.15) is 0 Å². The summed E-state index contributed by atoms with van der Waals surface area (Å²) in [7, 11) is 3.10. The Morgan fingerprint density at radius 1 is 1.21 bits per heavy atom. The zero-order chi connectivity index (χ0) is 10.1. The van der Waals surface area contributed by atoms with Gasteiger partial charge in [-0.1, -0.05) is 0 Å². The molecule has 1 aromatic heterocycles. The summed E-state index contributed by atoms with van der Waals surface area (Å²) >= 11 is 0. The lowest BCUT2D eigenvalue weighted by Gasteiger charge is -2.09. The van der Waals surface area contributed by atoms with Gasteiger partial charge in [0, 0.05) is 5.39 Å². The molecule has 0 aliphatic heterocycles. The molecule has 0 aliphatic carbocycles. The molecule has 4 nitrogen and oxygen atoms in total. The molecule has 0 unspecified atom stereocenters. The number of nitrogens with two attached hydrogens (primary N) is 1. The van der Waals surface area contributed by atoms with Crippen LogP contribution in [0.3, 0.4) is 0 Å². The molecule has 1 aromatic carbocycles. The van der Waals surface area contributed by atoms with E-state index in [9.17, 15) is 0 Å². The average molecular weight is 193 g/mol. The summed E-state index contributed by atoms with van der Waals surface area (Å²) < 4.78 is 15.6. The number of anilines is 1. The monoisotopic (exact) mass is 193 g/mol. The van der Waals surface area contributed by atoms with Crippen molar-refractivity contribution in [1.82, 2.24) is 0 Å². The Morgan fingerprint density at radius 2 is 1.93 bits per heavy atom. The third kappa shape index (κ3) is 1.08. The van der Waals surface area contributed by atoms with Gasteiger partial charge in [-0.2, -0.15) is 0 Å². The Bertz CT molecular complexity index is 462. The van der Waals surface area contributed by atoms with Crippen LogP contribution < -0.4 is 15.2 Å². The minimum absolute atomic E-state index is 0.509. The highest BCUT2D eigenvalue weighted by Crippen LogP contribution is 2.40. The molecule has 0 spiro atoms. The molecule has 0 atom stereocenters. The van der Waals surface area contributed by atoms with E-state index in [2.05, 4.69) is 0 Å². The van der Waals surface area contributed by atoms with Crippen molar-refractivity contribution >= 4 is 16.7 Å². The fourth-order valence-electron chi connectivity index (χ4n) is 1.48. The Balaban J connectivity index is 2.82. The van der Waals surface area contributed by atoms with Crippen molar-refractivity contribution in [3.8, 4) is 11.5 Å². The third-order valence-electron chi connectivity index (χ3n) is 2.09. The Morgan fingerprint density at radius 3 is 2.57 bits per heavy atom. The molecule has 0 saturated heterocycles. The van der Waals surface area contributed by atoms with Crippen LogP contribution in [0.5, 0.6) is 11.5 Å². The standard InChI is InChI=1S/C10H11NO3/c1-12-9-7(11)5-6-3-4-14-8(6)10(9)13-2/h3-5H,11H2,1-2H3. The van der Waals surface area contributed by atoms with Crippen molar-refractivity contribution < 1.29 is 13.9 Å². The summed E-state index contributed by atoms with van der Waals surface area (Å²) in [4.78, 5) is 0. The molecule has 2 rings (SSSR count).